The van der Waals surface area contributed by atoms with E-state index in [2.05, 4.69) is 44.4 Å². The second-order valence-corrected chi connectivity index (χ2v) is 11.3. The standard InChI is InChI=1S/C25H45N3O6/c1-20(7-10-23(31)34-28-21(29)8-9-22(28)30)32-17-11-25(5,6)33-18-16-26-12-14-27(15-13-26)19-24(2,3)4/h20H,7-19H2,1-6H3. The van der Waals surface area contributed by atoms with Crippen molar-refractivity contribution in [1.29, 1.82) is 0 Å². The van der Waals surface area contributed by atoms with Gasteiger partial charge in [0.1, 0.15) is 0 Å². The van der Waals surface area contributed by atoms with Gasteiger partial charge in [0, 0.05) is 58.7 Å². The van der Waals surface area contributed by atoms with Crippen molar-refractivity contribution in [2.24, 2.45) is 5.41 Å². The number of nitrogens with zero attached hydrogens (tertiary/aromatic N) is 3. The summed E-state index contributed by atoms with van der Waals surface area (Å²) in [5.74, 6) is -1.53. The molecule has 34 heavy (non-hydrogen) atoms. The highest BCUT2D eigenvalue weighted by molar-refractivity contribution is 6.01. The van der Waals surface area contributed by atoms with Gasteiger partial charge in [0.15, 0.2) is 0 Å². The van der Waals surface area contributed by atoms with Gasteiger partial charge in [0.25, 0.3) is 11.8 Å². The third kappa shape index (κ3) is 10.8. The summed E-state index contributed by atoms with van der Waals surface area (Å²) in [6, 6.07) is 0. The van der Waals surface area contributed by atoms with Gasteiger partial charge in [-0.15, -0.1) is 5.06 Å². The first-order chi connectivity index (χ1) is 15.8. The van der Waals surface area contributed by atoms with Crippen molar-refractivity contribution >= 4 is 17.8 Å². The first kappa shape index (κ1) is 28.7. The van der Waals surface area contributed by atoms with Crippen molar-refractivity contribution in [2.75, 3.05) is 52.5 Å². The number of carbonyl (C=O) groups is 3. The molecule has 1 atom stereocenters. The number of rotatable bonds is 13. The smallest absolute Gasteiger partial charge is 0.333 e. The Labute approximate surface area is 205 Å². The maximum atomic E-state index is 11.9. The van der Waals surface area contributed by atoms with Crippen LogP contribution in [0.4, 0.5) is 0 Å². The molecule has 0 aromatic heterocycles. The number of ether oxygens (including phenoxy) is 2. The van der Waals surface area contributed by atoms with E-state index in [-0.39, 0.29) is 31.0 Å². The van der Waals surface area contributed by atoms with Gasteiger partial charge in [-0.2, -0.15) is 0 Å². The Morgan fingerprint density at radius 2 is 1.53 bits per heavy atom. The minimum atomic E-state index is -0.595. The Bertz CT molecular complexity index is 667. The lowest BCUT2D eigenvalue weighted by molar-refractivity contribution is -0.197. The third-order valence-corrected chi connectivity index (χ3v) is 6.12. The van der Waals surface area contributed by atoms with Gasteiger partial charge in [0.2, 0.25) is 0 Å². The van der Waals surface area contributed by atoms with Crippen LogP contribution in [0.3, 0.4) is 0 Å². The summed E-state index contributed by atoms with van der Waals surface area (Å²) in [5, 5.41) is 0.583. The summed E-state index contributed by atoms with van der Waals surface area (Å²) < 4.78 is 12.0. The molecule has 9 heteroatoms. The van der Waals surface area contributed by atoms with Crippen molar-refractivity contribution in [1.82, 2.24) is 14.9 Å². The van der Waals surface area contributed by atoms with Crippen LogP contribution in [-0.2, 0) is 28.7 Å². The fourth-order valence-corrected chi connectivity index (χ4v) is 4.08. The van der Waals surface area contributed by atoms with Crippen molar-refractivity contribution in [3.63, 3.8) is 0 Å². The molecule has 2 rings (SSSR count). The molecule has 0 radical (unpaired) electrons. The summed E-state index contributed by atoms with van der Waals surface area (Å²) in [6.45, 7) is 20.6. The second-order valence-electron chi connectivity index (χ2n) is 11.3. The van der Waals surface area contributed by atoms with Crippen LogP contribution in [0.15, 0.2) is 0 Å². The molecule has 0 aromatic carbocycles. The van der Waals surface area contributed by atoms with Crippen molar-refractivity contribution in [3.8, 4) is 0 Å². The van der Waals surface area contributed by atoms with Crippen LogP contribution in [0.5, 0.6) is 0 Å². The highest BCUT2D eigenvalue weighted by Gasteiger charge is 2.32. The minimum absolute atomic E-state index is 0.0845. The fraction of sp³-hybridized carbons (Fsp3) is 0.880. The van der Waals surface area contributed by atoms with Crippen molar-refractivity contribution < 1.29 is 28.7 Å². The molecular weight excluding hydrogens is 438 g/mol. The Hall–Kier alpha value is -1.55. The molecule has 196 valence electrons. The number of amides is 2. The van der Waals surface area contributed by atoms with Crippen LogP contribution >= 0.6 is 0 Å². The van der Waals surface area contributed by atoms with Gasteiger partial charge in [-0.05, 0) is 39.0 Å². The van der Waals surface area contributed by atoms with Crippen molar-refractivity contribution in [2.45, 2.75) is 85.4 Å². The molecule has 9 nitrogen and oxygen atoms in total. The molecular formula is C25H45N3O6. The van der Waals surface area contributed by atoms with E-state index in [1.807, 2.05) is 6.92 Å². The quantitative estimate of drug-likeness (QED) is 0.370. The molecule has 2 saturated heterocycles. The van der Waals surface area contributed by atoms with Crippen LogP contribution in [0.2, 0.25) is 0 Å². The van der Waals surface area contributed by atoms with Gasteiger partial charge in [-0.25, -0.2) is 4.79 Å². The number of carbonyl (C=O) groups excluding carboxylic acids is 3. The lowest BCUT2D eigenvalue weighted by Gasteiger charge is -2.38. The minimum Gasteiger partial charge on any atom is -0.378 e. The van der Waals surface area contributed by atoms with E-state index in [0.717, 1.165) is 45.7 Å². The summed E-state index contributed by atoms with van der Waals surface area (Å²) in [5.41, 5.74) is 0.0514. The van der Waals surface area contributed by atoms with Crippen LogP contribution in [0.1, 0.15) is 73.6 Å². The van der Waals surface area contributed by atoms with E-state index < -0.39 is 17.8 Å². The van der Waals surface area contributed by atoms with E-state index in [9.17, 15) is 14.4 Å². The molecule has 0 saturated carbocycles. The molecule has 2 fully saturated rings. The fourth-order valence-electron chi connectivity index (χ4n) is 4.08. The molecule has 0 aromatic rings. The summed E-state index contributed by atoms with van der Waals surface area (Å²) in [7, 11) is 0. The molecule has 2 aliphatic heterocycles. The molecule has 2 amide bonds. The van der Waals surface area contributed by atoms with Gasteiger partial charge < -0.3 is 19.2 Å². The van der Waals surface area contributed by atoms with E-state index in [1.165, 1.54) is 0 Å². The topological polar surface area (TPSA) is 88.6 Å². The molecule has 0 N–H and O–H groups in total. The van der Waals surface area contributed by atoms with Gasteiger partial charge in [-0.1, -0.05) is 20.8 Å². The summed E-state index contributed by atoms with van der Waals surface area (Å²) >= 11 is 0. The van der Waals surface area contributed by atoms with Gasteiger partial charge in [-0.3, -0.25) is 14.5 Å². The van der Waals surface area contributed by atoms with Crippen LogP contribution in [0.25, 0.3) is 0 Å². The van der Waals surface area contributed by atoms with E-state index in [4.69, 9.17) is 14.3 Å². The SMILES string of the molecule is CC(CCC(=O)ON1C(=O)CCC1=O)OCCC(C)(C)OCCN1CCN(CC(C)(C)C)CC1. The number of piperazine rings is 1. The molecule has 2 heterocycles. The zero-order valence-electron chi connectivity index (χ0n) is 22.1. The molecule has 0 spiro atoms. The predicted octanol–water partition coefficient (Wildman–Crippen LogP) is 2.63. The largest absolute Gasteiger partial charge is 0.378 e. The summed E-state index contributed by atoms with van der Waals surface area (Å²) in [6.07, 6.45) is 1.34. The molecule has 0 aliphatic carbocycles. The zero-order chi connectivity index (χ0) is 25.4. The Balaban J connectivity index is 1.54. The maximum Gasteiger partial charge on any atom is 0.333 e. The predicted molar refractivity (Wildman–Crippen MR) is 129 cm³/mol. The summed E-state index contributed by atoms with van der Waals surface area (Å²) in [4.78, 5) is 44.8. The third-order valence-electron chi connectivity index (χ3n) is 6.12. The average Bonchev–Trinajstić information content (AvgIpc) is 3.04. The number of hydroxylamine groups is 2. The Morgan fingerprint density at radius 3 is 2.12 bits per heavy atom. The first-order valence-corrected chi connectivity index (χ1v) is 12.6. The maximum absolute atomic E-state index is 11.9. The molecule has 1 unspecified atom stereocenters. The van der Waals surface area contributed by atoms with Crippen molar-refractivity contribution in [3.05, 3.63) is 0 Å². The second kappa shape index (κ2) is 13.0. The lowest BCUT2D eigenvalue weighted by atomic mass is 9.96. The zero-order valence-corrected chi connectivity index (χ0v) is 22.1. The van der Waals surface area contributed by atoms with Crippen LogP contribution < -0.4 is 0 Å². The van der Waals surface area contributed by atoms with Gasteiger partial charge >= 0.3 is 5.97 Å². The number of hydrogen-bond donors (Lipinski definition) is 0. The molecule has 2 aliphatic rings. The van der Waals surface area contributed by atoms with E-state index in [1.54, 1.807) is 0 Å². The normalized spacial score (nSPS) is 19.6. The number of imide groups is 1. The van der Waals surface area contributed by atoms with E-state index >= 15 is 0 Å². The Morgan fingerprint density at radius 1 is 0.941 bits per heavy atom. The van der Waals surface area contributed by atoms with E-state index in [0.29, 0.717) is 30.1 Å². The monoisotopic (exact) mass is 483 g/mol. The molecule has 0 bridgehead atoms. The highest BCUT2D eigenvalue weighted by atomic mass is 16.7. The van der Waals surface area contributed by atoms with Gasteiger partial charge in [0.05, 0.1) is 24.7 Å². The first-order valence-electron chi connectivity index (χ1n) is 12.6. The average molecular weight is 484 g/mol. The highest BCUT2D eigenvalue weighted by Crippen LogP contribution is 2.18. The Kier molecular flexibility index (Phi) is 10.9. The van der Waals surface area contributed by atoms with Crippen LogP contribution in [-0.4, -0.2) is 96.8 Å². The lowest BCUT2D eigenvalue weighted by Crippen LogP contribution is -2.49. The van der Waals surface area contributed by atoms with Crippen LogP contribution in [0, 0.1) is 5.41 Å². The number of hydrogen-bond acceptors (Lipinski definition) is 8.